The van der Waals surface area contributed by atoms with Gasteiger partial charge in [0.2, 0.25) is 5.91 Å². The van der Waals surface area contributed by atoms with Crippen molar-refractivity contribution in [1.29, 1.82) is 0 Å². The predicted octanol–water partition coefficient (Wildman–Crippen LogP) is 1.88. The van der Waals surface area contributed by atoms with Crippen molar-refractivity contribution in [3.05, 3.63) is 59.7 Å². The van der Waals surface area contributed by atoms with E-state index in [4.69, 9.17) is 19.7 Å². The van der Waals surface area contributed by atoms with Gasteiger partial charge in [0.1, 0.15) is 12.6 Å². The first-order valence-electron chi connectivity index (χ1n) is 10.8. The van der Waals surface area contributed by atoms with Gasteiger partial charge in [-0.3, -0.25) is 9.59 Å². The van der Waals surface area contributed by atoms with Gasteiger partial charge in [0.25, 0.3) is 0 Å². The van der Waals surface area contributed by atoms with Crippen molar-refractivity contribution in [3.8, 4) is 11.1 Å². The van der Waals surface area contributed by atoms with Crippen LogP contribution in [0.3, 0.4) is 0 Å². The SMILES string of the molecule is O=C(O)CCC(NC(=O)OCC1c2ccccc2-c2ccccc21)C(=O)NCCOCCO. The first-order chi connectivity index (χ1) is 16.0. The van der Waals surface area contributed by atoms with Crippen LogP contribution in [0.4, 0.5) is 4.79 Å². The summed E-state index contributed by atoms with van der Waals surface area (Å²) in [5.41, 5.74) is 4.33. The van der Waals surface area contributed by atoms with Gasteiger partial charge in [0, 0.05) is 18.9 Å². The van der Waals surface area contributed by atoms with Crippen LogP contribution in [0.2, 0.25) is 0 Å². The molecule has 1 unspecified atom stereocenters. The largest absolute Gasteiger partial charge is 0.481 e. The maximum absolute atomic E-state index is 12.5. The van der Waals surface area contributed by atoms with Crippen molar-refractivity contribution in [2.24, 2.45) is 0 Å². The number of ether oxygens (including phenoxy) is 2. The molecule has 0 aromatic heterocycles. The first kappa shape index (κ1) is 24.2. The zero-order valence-corrected chi connectivity index (χ0v) is 18.2. The van der Waals surface area contributed by atoms with Gasteiger partial charge >= 0.3 is 12.1 Å². The van der Waals surface area contributed by atoms with E-state index in [1.54, 1.807) is 0 Å². The number of carboxylic acid groups (broad SMARTS) is 1. The molecule has 9 nitrogen and oxygen atoms in total. The number of amides is 2. The third-order valence-electron chi connectivity index (χ3n) is 5.38. The Kier molecular flexibility index (Phi) is 8.79. The zero-order chi connectivity index (χ0) is 23.6. The minimum atomic E-state index is -1.08. The number of carbonyl (C=O) groups is 3. The molecule has 0 radical (unpaired) electrons. The Labute approximate surface area is 191 Å². The summed E-state index contributed by atoms with van der Waals surface area (Å²) in [4.78, 5) is 35.9. The Balaban J connectivity index is 1.58. The number of fused-ring (bicyclic) bond motifs is 3. The van der Waals surface area contributed by atoms with E-state index < -0.39 is 24.0 Å². The lowest BCUT2D eigenvalue weighted by Gasteiger charge is -2.19. The summed E-state index contributed by atoms with van der Waals surface area (Å²) in [7, 11) is 0. The van der Waals surface area contributed by atoms with Crippen molar-refractivity contribution < 1.29 is 34.1 Å². The molecule has 176 valence electrons. The number of carboxylic acids is 1. The molecule has 1 aliphatic rings. The van der Waals surface area contributed by atoms with E-state index in [9.17, 15) is 14.4 Å². The van der Waals surface area contributed by atoms with E-state index in [1.165, 1.54) is 0 Å². The molecule has 2 amide bonds. The molecule has 0 saturated carbocycles. The standard InChI is InChI=1S/C24H28N2O7/c27-12-14-32-13-11-25-23(30)21(9-10-22(28)29)26-24(31)33-15-20-18-7-3-1-5-16(18)17-6-2-4-8-19(17)20/h1-8,20-21,27H,9-15H2,(H,25,30)(H,26,31)(H,28,29). The molecule has 0 aliphatic heterocycles. The molecule has 4 N–H and O–H groups in total. The summed E-state index contributed by atoms with van der Waals surface area (Å²) in [6.45, 7) is 0.453. The average Bonchev–Trinajstić information content (AvgIpc) is 3.13. The second-order valence-electron chi connectivity index (χ2n) is 7.58. The Hall–Kier alpha value is -3.43. The predicted molar refractivity (Wildman–Crippen MR) is 120 cm³/mol. The highest BCUT2D eigenvalue weighted by Crippen LogP contribution is 2.44. The number of aliphatic hydroxyl groups excluding tert-OH is 1. The van der Waals surface area contributed by atoms with Crippen LogP contribution in [-0.4, -0.2) is 67.2 Å². The Morgan fingerprint density at radius 3 is 2.21 bits per heavy atom. The number of aliphatic carboxylic acids is 1. The molecule has 2 aromatic rings. The molecular weight excluding hydrogens is 428 g/mol. The van der Waals surface area contributed by atoms with Crippen LogP contribution in [0.15, 0.2) is 48.5 Å². The minimum Gasteiger partial charge on any atom is -0.481 e. The average molecular weight is 456 g/mol. The van der Waals surface area contributed by atoms with E-state index in [0.717, 1.165) is 22.3 Å². The topological polar surface area (TPSA) is 134 Å². The monoisotopic (exact) mass is 456 g/mol. The van der Waals surface area contributed by atoms with Crippen LogP contribution in [0.25, 0.3) is 11.1 Å². The van der Waals surface area contributed by atoms with Crippen LogP contribution in [0, 0.1) is 0 Å². The van der Waals surface area contributed by atoms with Gasteiger partial charge in [-0.15, -0.1) is 0 Å². The van der Waals surface area contributed by atoms with Gasteiger partial charge < -0.3 is 30.3 Å². The van der Waals surface area contributed by atoms with E-state index in [-0.39, 0.29) is 51.7 Å². The summed E-state index contributed by atoms with van der Waals surface area (Å²) in [6.07, 6.45) is -1.16. The van der Waals surface area contributed by atoms with Gasteiger partial charge in [-0.2, -0.15) is 0 Å². The maximum atomic E-state index is 12.5. The lowest BCUT2D eigenvalue weighted by atomic mass is 9.98. The number of benzene rings is 2. The van der Waals surface area contributed by atoms with Gasteiger partial charge in [-0.05, 0) is 28.7 Å². The lowest BCUT2D eigenvalue weighted by molar-refractivity contribution is -0.137. The molecular formula is C24H28N2O7. The van der Waals surface area contributed by atoms with Gasteiger partial charge in [0.15, 0.2) is 0 Å². The highest BCUT2D eigenvalue weighted by Gasteiger charge is 2.29. The van der Waals surface area contributed by atoms with E-state index in [0.29, 0.717) is 0 Å². The first-order valence-corrected chi connectivity index (χ1v) is 10.8. The second kappa shape index (κ2) is 12.0. The fraction of sp³-hybridized carbons (Fsp3) is 0.375. The normalized spacial score (nSPS) is 13.0. The molecule has 2 aromatic carbocycles. The number of nitrogens with one attached hydrogen (secondary N) is 2. The van der Waals surface area contributed by atoms with Crippen molar-refractivity contribution in [1.82, 2.24) is 10.6 Å². The molecule has 1 atom stereocenters. The number of carbonyl (C=O) groups excluding carboxylic acids is 2. The van der Waals surface area contributed by atoms with Crippen molar-refractivity contribution in [3.63, 3.8) is 0 Å². The number of aliphatic hydroxyl groups is 1. The quantitative estimate of drug-likeness (QED) is 0.358. The highest BCUT2D eigenvalue weighted by atomic mass is 16.5. The summed E-state index contributed by atoms with van der Waals surface area (Å²) < 4.78 is 10.5. The Morgan fingerprint density at radius 1 is 0.970 bits per heavy atom. The van der Waals surface area contributed by atoms with Crippen molar-refractivity contribution in [2.75, 3.05) is 33.0 Å². The minimum absolute atomic E-state index is 0.0805. The Bertz CT molecular complexity index is 933. The maximum Gasteiger partial charge on any atom is 0.407 e. The molecule has 0 saturated heterocycles. The van der Waals surface area contributed by atoms with Crippen LogP contribution in [-0.2, 0) is 19.1 Å². The fourth-order valence-electron chi connectivity index (χ4n) is 3.86. The molecule has 0 heterocycles. The molecule has 9 heteroatoms. The summed E-state index contributed by atoms with van der Waals surface area (Å²) in [6, 6.07) is 14.8. The van der Waals surface area contributed by atoms with E-state index in [2.05, 4.69) is 10.6 Å². The lowest BCUT2D eigenvalue weighted by Crippen LogP contribution is -2.48. The van der Waals surface area contributed by atoms with Crippen LogP contribution < -0.4 is 10.6 Å². The van der Waals surface area contributed by atoms with E-state index in [1.807, 2.05) is 48.5 Å². The molecule has 33 heavy (non-hydrogen) atoms. The smallest absolute Gasteiger partial charge is 0.407 e. The number of hydrogen-bond donors (Lipinski definition) is 4. The Morgan fingerprint density at radius 2 is 1.61 bits per heavy atom. The highest BCUT2D eigenvalue weighted by molar-refractivity contribution is 5.86. The number of rotatable bonds is 12. The van der Waals surface area contributed by atoms with Crippen molar-refractivity contribution >= 4 is 18.0 Å². The molecule has 0 fully saturated rings. The van der Waals surface area contributed by atoms with Crippen LogP contribution in [0.5, 0.6) is 0 Å². The van der Waals surface area contributed by atoms with Crippen LogP contribution >= 0.6 is 0 Å². The fourth-order valence-corrected chi connectivity index (χ4v) is 3.86. The summed E-state index contributed by atoms with van der Waals surface area (Å²) >= 11 is 0. The molecule has 0 bridgehead atoms. The summed E-state index contributed by atoms with van der Waals surface area (Å²) in [5, 5.41) is 22.7. The third kappa shape index (κ3) is 6.53. The van der Waals surface area contributed by atoms with Gasteiger partial charge in [-0.25, -0.2) is 4.79 Å². The molecule has 0 spiro atoms. The van der Waals surface area contributed by atoms with Gasteiger partial charge in [0.05, 0.1) is 19.8 Å². The second-order valence-corrected chi connectivity index (χ2v) is 7.58. The summed E-state index contributed by atoms with van der Waals surface area (Å²) in [5.74, 6) is -1.73. The van der Waals surface area contributed by atoms with Crippen LogP contribution in [0.1, 0.15) is 29.9 Å². The number of alkyl carbamates (subject to hydrolysis) is 1. The number of hydrogen-bond acceptors (Lipinski definition) is 6. The molecule has 3 rings (SSSR count). The van der Waals surface area contributed by atoms with Crippen molar-refractivity contribution in [2.45, 2.75) is 24.8 Å². The molecule has 1 aliphatic carbocycles. The zero-order valence-electron chi connectivity index (χ0n) is 18.2. The van der Waals surface area contributed by atoms with Gasteiger partial charge in [-0.1, -0.05) is 48.5 Å². The third-order valence-corrected chi connectivity index (χ3v) is 5.38. The van der Waals surface area contributed by atoms with E-state index >= 15 is 0 Å².